The van der Waals surface area contributed by atoms with Crippen molar-refractivity contribution in [3.05, 3.63) is 68.5 Å². The van der Waals surface area contributed by atoms with Crippen molar-refractivity contribution in [2.75, 3.05) is 27.4 Å². The molecule has 0 aliphatic carbocycles. The van der Waals surface area contributed by atoms with Crippen LogP contribution in [0.5, 0.6) is 11.5 Å². The number of nitrogens with zero attached hydrogens (tertiary/aromatic N) is 2. The van der Waals surface area contributed by atoms with Crippen molar-refractivity contribution in [2.45, 2.75) is 30.4 Å². The topological polar surface area (TPSA) is 141 Å². The average Bonchev–Trinajstić information content (AvgIpc) is 3.36. The highest BCUT2D eigenvalue weighted by molar-refractivity contribution is 7.89. The maximum atomic E-state index is 13.6. The molecule has 1 atom stereocenters. The minimum absolute atomic E-state index is 0.0439. The Balaban J connectivity index is 1.79. The van der Waals surface area contributed by atoms with Gasteiger partial charge in [0.15, 0.2) is 16.4 Å². The summed E-state index contributed by atoms with van der Waals surface area (Å²) in [5.41, 5.74) is -0.359. The number of nitro benzene ring substituents is 1. The number of nitro groups is 1. The first-order chi connectivity index (χ1) is 16.7. The van der Waals surface area contributed by atoms with Crippen molar-refractivity contribution < 1.29 is 27.6 Å². The summed E-state index contributed by atoms with van der Waals surface area (Å²) < 4.78 is 44.6. The van der Waals surface area contributed by atoms with Crippen LogP contribution in [0, 0.1) is 10.1 Å². The summed E-state index contributed by atoms with van der Waals surface area (Å²) >= 11 is 0. The minimum Gasteiger partial charge on any atom is -0.493 e. The number of rotatable bonds is 9. The van der Waals surface area contributed by atoms with Crippen LogP contribution < -0.4 is 15.0 Å². The minimum atomic E-state index is -4.34. The number of H-pyrrole nitrogens is 1. The number of fused-ring (bicyclic) bond motifs is 1. The summed E-state index contributed by atoms with van der Waals surface area (Å²) in [6, 6.07) is 10.0. The molecule has 0 saturated carbocycles. The van der Waals surface area contributed by atoms with E-state index in [9.17, 15) is 23.3 Å². The molecular weight excluding hydrogens is 478 g/mol. The van der Waals surface area contributed by atoms with Gasteiger partial charge in [0, 0.05) is 42.8 Å². The van der Waals surface area contributed by atoms with Gasteiger partial charge < -0.3 is 19.2 Å². The van der Waals surface area contributed by atoms with E-state index >= 15 is 0 Å². The molecule has 1 N–H and O–H groups in total. The molecule has 0 radical (unpaired) electrons. The van der Waals surface area contributed by atoms with Gasteiger partial charge in [-0.25, -0.2) is 8.42 Å². The molecule has 2 aromatic carbocycles. The normalized spacial score (nSPS) is 16.0. The van der Waals surface area contributed by atoms with Crippen LogP contribution in [0.2, 0.25) is 0 Å². The predicted octanol–water partition coefficient (Wildman–Crippen LogP) is 2.82. The van der Waals surface area contributed by atoms with Gasteiger partial charge in [0.1, 0.15) is 0 Å². The van der Waals surface area contributed by atoms with Crippen molar-refractivity contribution in [1.82, 2.24) is 9.29 Å². The number of benzene rings is 2. The van der Waals surface area contributed by atoms with E-state index in [2.05, 4.69) is 4.98 Å². The predicted molar refractivity (Wildman–Crippen MR) is 127 cm³/mol. The maximum absolute atomic E-state index is 13.6. The highest BCUT2D eigenvalue weighted by Crippen LogP contribution is 2.32. The molecule has 4 rings (SSSR count). The lowest BCUT2D eigenvalue weighted by Crippen LogP contribution is -2.38. The maximum Gasteiger partial charge on any atom is 0.289 e. The van der Waals surface area contributed by atoms with Gasteiger partial charge in [-0.3, -0.25) is 14.9 Å². The van der Waals surface area contributed by atoms with Crippen LogP contribution in [0.1, 0.15) is 18.4 Å². The quantitative estimate of drug-likeness (QED) is 0.347. The Bertz CT molecular complexity index is 1410. The lowest BCUT2D eigenvalue weighted by Gasteiger charge is -2.24. The van der Waals surface area contributed by atoms with Crippen LogP contribution in [0.4, 0.5) is 5.69 Å². The van der Waals surface area contributed by atoms with Crippen molar-refractivity contribution in [2.24, 2.45) is 0 Å². The van der Waals surface area contributed by atoms with Crippen molar-refractivity contribution in [3.8, 4) is 11.5 Å². The molecule has 0 amide bonds. The van der Waals surface area contributed by atoms with Crippen LogP contribution >= 0.6 is 0 Å². The molecule has 35 heavy (non-hydrogen) atoms. The standard InChI is InChI=1S/C23H25N3O8S/c1-32-20-11-15-10-16(23(27)24-18(15)12-21(20)33-2)13-25(14-17-6-5-9-34-17)35(30,31)22-8-4-3-7-19(22)26(28)29/h3-4,7-8,10-12,17H,5-6,9,13-14H2,1-2H3,(H,24,27)/t17-/m0/s1. The smallest absolute Gasteiger partial charge is 0.289 e. The fourth-order valence-electron chi connectivity index (χ4n) is 4.11. The van der Waals surface area contributed by atoms with E-state index in [4.69, 9.17) is 14.2 Å². The van der Waals surface area contributed by atoms with E-state index < -0.39 is 31.1 Å². The molecule has 1 fully saturated rings. The second-order valence-electron chi connectivity index (χ2n) is 8.08. The number of methoxy groups -OCH3 is 2. The van der Waals surface area contributed by atoms with E-state index in [0.29, 0.717) is 35.4 Å². The van der Waals surface area contributed by atoms with Crippen LogP contribution in [0.3, 0.4) is 0 Å². The molecule has 1 saturated heterocycles. The molecule has 12 heteroatoms. The number of ether oxygens (including phenoxy) is 3. The Kier molecular flexibility index (Phi) is 7.05. The molecule has 1 aromatic heterocycles. The summed E-state index contributed by atoms with van der Waals surface area (Å²) in [4.78, 5) is 26.0. The zero-order valence-corrected chi connectivity index (χ0v) is 20.0. The van der Waals surface area contributed by atoms with Gasteiger partial charge in [-0.1, -0.05) is 12.1 Å². The molecule has 1 aliphatic heterocycles. The van der Waals surface area contributed by atoms with Gasteiger partial charge in [-0.2, -0.15) is 4.31 Å². The number of sulfonamides is 1. The van der Waals surface area contributed by atoms with E-state index in [1.54, 1.807) is 18.2 Å². The molecule has 3 aromatic rings. The summed E-state index contributed by atoms with van der Waals surface area (Å²) in [6.45, 7) is 0.161. The monoisotopic (exact) mass is 503 g/mol. The molecule has 1 aliphatic rings. The Hall–Kier alpha value is -3.48. The van der Waals surface area contributed by atoms with Crippen LogP contribution in [0.25, 0.3) is 10.9 Å². The Labute approximate surface area is 201 Å². The fraction of sp³-hybridized carbons (Fsp3) is 0.348. The Morgan fingerprint density at radius 3 is 2.54 bits per heavy atom. The lowest BCUT2D eigenvalue weighted by molar-refractivity contribution is -0.387. The Morgan fingerprint density at radius 2 is 1.89 bits per heavy atom. The molecule has 2 heterocycles. The fourth-order valence-corrected chi connectivity index (χ4v) is 5.72. The highest BCUT2D eigenvalue weighted by Gasteiger charge is 2.34. The zero-order chi connectivity index (χ0) is 25.2. The summed E-state index contributed by atoms with van der Waals surface area (Å²) in [5, 5.41) is 12.1. The third-order valence-corrected chi connectivity index (χ3v) is 7.74. The van der Waals surface area contributed by atoms with Crippen molar-refractivity contribution in [1.29, 1.82) is 0 Å². The summed E-state index contributed by atoms with van der Waals surface area (Å²) in [6.07, 6.45) is 1.05. The van der Waals surface area contributed by atoms with Crippen LogP contribution in [0.15, 0.2) is 52.2 Å². The van der Waals surface area contributed by atoms with Gasteiger partial charge in [0.2, 0.25) is 10.0 Å². The molecule has 0 unspecified atom stereocenters. The number of aromatic nitrogens is 1. The number of aromatic amines is 1. The zero-order valence-electron chi connectivity index (χ0n) is 19.2. The molecule has 0 spiro atoms. The van der Waals surface area contributed by atoms with Crippen molar-refractivity contribution >= 4 is 26.6 Å². The van der Waals surface area contributed by atoms with Gasteiger partial charge in [-0.15, -0.1) is 0 Å². The number of hydrogen-bond donors (Lipinski definition) is 1. The van der Waals surface area contributed by atoms with Crippen LogP contribution in [-0.4, -0.2) is 56.1 Å². The first-order valence-corrected chi connectivity index (χ1v) is 12.3. The Morgan fingerprint density at radius 1 is 1.17 bits per heavy atom. The number of hydrogen-bond acceptors (Lipinski definition) is 8. The van der Waals surface area contributed by atoms with Gasteiger partial charge >= 0.3 is 0 Å². The third-order valence-electron chi connectivity index (χ3n) is 5.88. The average molecular weight is 504 g/mol. The first kappa shape index (κ1) is 24.6. The first-order valence-electron chi connectivity index (χ1n) is 10.9. The van der Waals surface area contributed by atoms with E-state index in [1.807, 2.05) is 0 Å². The highest BCUT2D eigenvalue weighted by atomic mass is 32.2. The van der Waals surface area contributed by atoms with Gasteiger partial charge in [-0.05, 0) is 31.0 Å². The number of nitrogens with one attached hydrogen (secondary N) is 1. The second kappa shape index (κ2) is 10.0. The van der Waals surface area contributed by atoms with Crippen molar-refractivity contribution in [3.63, 3.8) is 0 Å². The van der Waals surface area contributed by atoms with E-state index in [-0.39, 0.29) is 24.8 Å². The summed E-state index contributed by atoms with van der Waals surface area (Å²) in [7, 11) is -1.38. The number of pyridine rings is 1. The molecular formula is C23H25N3O8S. The largest absolute Gasteiger partial charge is 0.493 e. The number of para-hydroxylation sites is 1. The second-order valence-corrected chi connectivity index (χ2v) is 9.98. The lowest BCUT2D eigenvalue weighted by atomic mass is 10.1. The van der Waals surface area contributed by atoms with Gasteiger partial charge in [0.05, 0.1) is 30.8 Å². The van der Waals surface area contributed by atoms with Crippen LogP contribution in [-0.2, 0) is 21.3 Å². The van der Waals surface area contributed by atoms with Gasteiger partial charge in [0.25, 0.3) is 11.2 Å². The molecule has 0 bridgehead atoms. The SMILES string of the molecule is COc1cc2cc(CN(C[C@@H]3CCCO3)S(=O)(=O)c3ccccc3[N+](=O)[O-])c(=O)[nH]c2cc1OC. The third kappa shape index (κ3) is 4.99. The van der Waals surface area contributed by atoms with E-state index in [1.165, 1.54) is 32.4 Å². The summed E-state index contributed by atoms with van der Waals surface area (Å²) in [5.74, 6) is 0.879. The molecule has 11 nitrogen and oxygen atoms in total. The molecule has 186 valence electrons. The van der Waals surface area contributed by atoms with E-state index in [0.717, 1.165) is 16.8 Å².